The van der Waals surface area contributed by atoms with Crippen molar-refractivity contribution in [2.24, 2.45) is 4.99 Å². The molecule has 0 bridgehead atoms. The Kier molecular flexibility index (Phi) is 6.51. The number of fused-ring (bicyclic) bond motifs is 1. The van der Waals surface area contributed by atoms with Gasteiger partial charge >= 0.3 is 0 Å². The van der Waals surface area contributed by atoms with Gasteiger partial charge in [-0.05, 0) is 106 Å². The van der Waals surface area contributed by atoms with Gasteiger partial charge in [-0.3, -0.25) is 4.99 Å². The van der Waals surface area contributed by atoms with Crippen LogP contribution in [0.25, 0.3) is 0 Å². The lowest BCUT2D eigenvalue weighted by Gasteiger charge is -2.46. The van der Waals surface area contributed by atoms with Crippen LogP contribution in [0, 0.1) is 0 Å². The van der Waals surface area contributed by atoms with Crippen molar-refractivity contribution in [3.05, 3.63) is 108 Å². The van der Waals surface area contributed by atoms with Crippen LogP contribution in [0.3, 0.4) is 0 Å². The summed E-state index contributed by atoms with van der Waals surface area (Å²) < 4.78 is 0. The summed E-state index contributed by atoms with van der Waals surface area (Å²) in [5.74, 6) is 0. The number of anilines is 5. The number of hydrogen-bond acceptors (Lipinski definition) is 4. The monoisotopic (exact) mass is 488 g/mol. The molecule has 1 aliphatic heterocycles. The van der Waals surface area contributed by atoms with Crippen LogP contribution in [0.4, 0.5) is 34.1 Å². The lowest BCUT2D eigenvalue weighted by Crippen LogP contribution is -2.45. The third-order valence-electron chi connectivity index (χ3n) is 6.94. The van der Waals surface area contributed by atoms with Crippen LogP contribution in [-0.4, -0.2) is 11.3 Å². The van der Waals surface area contributed by atoms with E-state index in [1.54, 1.807) is 0 Å². The fourth-order valence-electron chi connectivity index (χ4n) is 5.59. The maximum Gasteiger partial charge on any atom is 0.0671 e. The largest absolute Gasteiger partial charge is 0.380 e. The molecule has 4 aromatic rings. The average molecular weight is 489 g/mol. The zero-order valence-corrected chi connectivity index (χ0v) is 22.4. The summed E-state index contributed by atoms with van der Waals surface area (Å²) in [7, 11) is 0. The standard InChI is InChI=1S/C33H36N4/c1-23(2)34-30-18-16-26(35-24-12-8-6-9-13-24)20-28(30)33(5)22-32(3,4)37-31-19-17-27(21-29(31)33)36-25-14-10-7-11-15-25/h6-21,35-37H,22H2,1-5H3. The van der Waals surface area contributed by atoms with Gasteiger partial charge in [-0.1, -0.05) is 43.3 Å². The smallest absolute Gasteiger partial charge is 0.0671 e. The van der Waals surface area contributed by atoms with Crippen LogP contribution in [-0.2, 0) is 5.41 Å². The quantitative estimate of drug-likeness (QED) is 0.237. The van der Waals surface area contributed by atoms with Gasteiger partial charge in [0.15, 0.2) is 0 Å². The first-order valence-corrected chi connectivity index (χ1v) is 13.0. The predicted octanol–water partition coefficient (Wildman–Crippen LogP) is 9.19. The van der Waals surface area contributed by atoms with Crippen molar-refractivity contribution >= 4 is 39.8 Å². The van der Waals surface area contributed by atoms with Crippen molar-refractivity contribution in [3.8, 4) is 0 Å². The van der Waals surface area contributed by atoms with Crippen LogP contribution < -0.4 is 16.0 Å². The maximum absolute atomic E-state index is 4.99. The first kappa shape index (κ1) is 24.6. The molecule has 3 N–H and O–H groups in total. The third kappa shape index (κ3) is 5.39. The predicted molar refractivity (Wildman–Crippen MR) is 160 cm³/mol. The molecule has 1 heterocycles. The van der Waals surface area contributed by atoms with Crippen molar-refractivity contribution in [2.45, 2.75) is 52.0 Å². The molecule has 0 aliphatic carbocycles. The Balaban J connectivity index is 1.65. The Morgan fingerprint density at radius 1 is 0.676 bits per heavy atom. The van der Waals surface area contributed by atoms with Gasteiger partial charge in [0, 0.05) is 45.1 Å². The van der Waals surface area contributed by atoms with Crippen LogP contribution in [0.1, 0.15) is 52.2 Å². The Bertz CT molecular complexity index is 1420. The van der Waals surface area contributed by atoms with Crippen LogP contribution in [0.2, 0.25) is 0 Å². The topological polar surface area (TPSA) is 48.5 Å². The lowest BCUT2D eigenvalue weighted by atomic mass is 9.65. The highest BCUT2D eigenvalue weighted by molar-refractivity contribution is 5.84. The molecule has 0 fully saturated rings. The maximum atomic E-state index is 4.99. The molecule has 4 heteroatoms. The molecule has 1 atom stereocenters. The molecule has 4 aromatic carbocycles. The highest BCUT2D eigenvalue weighted by Crippen LogP contribution is 2.51. The van der Waals surface area contributed by atoms with Crippen molar-refractivity contribution in [3.63, 3.8) is 0 Å². The molecule has 188 valence electrons. The minimum atomic E-state index is -0.263. The molecule has 0 saturated heterocycles. The summed E-state index contributed by atoms with van der Waals surface area (Å²) in [5.41, 5.74) is 9.67. The van der Waals surface area contributed by atoms with Crippen LogP contribution in [0.5, 0.6) is 0 Å². The molecule has 4 nitrogen and oxygen atoms in total. The summed E-state index contributed by atoms with van der Waals surface area (Å²) in [4.78, 5) is 4.99. The van der Waals surface area contributed by atoms with Crippen LogP contribution in [0.15, 0.2) is 102 Å². The number of benzene rings is 4. The van der Waals surface area contributed by atoms with Gasteiger partial charge in [0.05, 0.1) is 5.69 Å². The minimum absolute atomic E-state index is 0.0821. The lowest BCUT2D eigenvalue weighted by molar-refractivity contribution is 0.379. The fourth-order valence-corrected chi connectivity index (χ4v) is 5.59. The summed E-state index contributed by atoms with van der Waals surface area (Å²) in [6.07, 6.45) is 0.932. The van der Waals surface area contributed by atoms with E-state index in [4.69, 9.17) is 4.99 Å². The number of nitrogens with one attached hydrogen (secondary N) is 3. The summed E-state index contributed by atoms with van der Waals surface area (Å²) in [6.45, 7) is 11.1. The van der Waals surface area contributed by atoms with Gasteiger partial charge in [0.1, 0.15) is 0 Å². The summed E-state index contributed by atoms with van der Waals surface area (Å²) >= 11 is 0. The second-order valence-corrected chi connectivity index (χ2v) is 11.1. The molecule has 5 rings (SSSR count). The molecule has 0 aromatic heterocycles. The Hall–Kier alpha value is -4.05. The third-order valence-corrected chi connectivity index (χ3v) is 6.94. The van der Waals surface area contributed by atoms with E-state index in [1.807, 2.05) is 12.1 Å². The van der Waals surface area contributed by atoms with E-state index in [9.17, 15) is 0 Å². The van der Waals surface area contributed by atoms with E-state index >= 15 is 0 Å². The van der Waals surface area contributed by atoms with E-state index in [0.29, 0.717) is 0 Å². The number of nitrogens with zero attached hydrogens (tertiary/aromatic N) is 1. The molecule has 0 spiro atoms. The first-order valence-electron chi connectivity index (χ1n) is 13.0. The molecule has 37 heavy (non-hydrogen) atoms. The Morgan fingerprint density at radius 2 is 1.22 bits per heavy atom. The molecular weight excluding hydrogens is 452 g/mol. The molecule has 0 radical (unpaired) electrons. The second kappa shape index (κ2) is 9.78. The van der Waals surface area contributed by atoms with Gasteiger partial charge in [0.25, 0.3) is 0 Å². The number of rotatable bonds is 6. The van der Waals surface area contributed by atoms with Gasteiger partial charge in [-0.15, -0.1) is 0 Å². The SMILES string of the molecule is CC(C)=Nc1ccc(Nc2ccccc2)cc1C1(C)CC(C)(C)Nc2ccc(Nc3ccccc3)cc21. The van der Waals surface area contributed by atoms with Crippen LogP contribution >= 0.6 is 0 Å². The van der Waals surface area contributed by atoms with E-state index in [1.165, 1.54) is 16.8 Å². The van der Waals surface area contributed by atoms with Crippen molar-refractivity contribution < 1.29 is 0 Å². The highest BCUT2D eigenvalue weighted by atomic mass is 15.0. The van der Waals surface area contributed by atoms with Crippen molar-refractivity contribution in [1.82, 2.24) is 0 Å². The second-order valence-electron chi connectivity index (χ2n) is 11.1. The number of aliphatic imine (C=N–C) groups is 1. The number of para-hydroxylation sites is 2. The van der Waals surface area contributed by atoms with Crippen molar-refractivity contribution in [2.75, 3.05) is 16.0 Å². The summed E-state index contributed by atoms with van der Waals surface area (Å²) in [6, 6.07) is 33.9. The van der Waals surface area contributed by atoms with Gasteiger partial charge in [0.2, 0.25) is 0 Å². The first-order chi connectivity index (χ1) is 17.7. The highest BCUT2D eigenvalue weighted by Gasteiger charge is 2.43. The normalized spacial score (nSPS) is 17.8. The fraction of sp³-hybridized carbons (Fsp3) is 0.242. The molecular formula is C33H36N4. The van der Waals surface area contributed by atoms with Crippen molar-refractivity contribution in [1.29, 1.82) is 0 Å². The average Bonchev–Trinajstić information content (AvgIpc) is 2.86. The molecule has 0 amide bonds. The Morgan fingerprint density at radius 3 is 1.78 bits per heavy atom. The van der Waals surface area contributed by atoms with E-state index < -0.39 is 0 Å². The Labute approximate surface area is 220 Å². The zero-order chi connectivity index (χ0) is 26.0. The molecule has 0 saturated carbocycles. The van der Waals surface area contributed by atoms with Gasteiger partial charge in [-0.2, -0.15) is 0 Å². The minimum Gasteiger partial charge on any atom is -0.380 e. The van der Waals surface area contributed by atoms with E-state index in [-0.39, 0.29) is 11.0 Å². The number of hydrogen-bond donors (Lipinski definition) is 3. The summed E-state index contributed by atoms with van der Waals surface area (Å²) in [5, 5.41) is 11.0. The molecule has 1 aliphatic rings. The van der Waals surface area contributed by atoms with E-state index in [0.717, 1.165) is 40.6 Å². The zero-order valence-electron chi connectivity index (χ0n) is 22.4. The van der Waals surface area contributed by atoms with Gasteiger partial charge < -0.3 is 16.0 Å². The molecule has 1 unspecified atom stereocenters. The van der Waals surface area contributed by atoms with E-state index in [2.05, 4.69) is 135 Å². The van der Waals surface area contributed by atoms with Gasteiger partial charge in [-0.25, -0.2) is 0 Å².